The van der Waals surface area contributed by atoms with Crippen LogP contribution >= 0.6 is 11.6 Å². The lowest BCUT2D eigenvalue weighted by Crippen LogP contribution is -2.06. The lowest BCUT2D eigenvalue weighted by molar-refractivity contribution is -0.137. The molecule has 0 aliphatic carbocycles. The summed E-state index contributed by atoms with van der Waals surface area (Å²) in [7, 11) is 1.66. The maximum Gasteiger partial charge on any atom is 0.416 e. The Morgan fingerprint density at radius 1 is 1.33 bits per heavy atom. The van der Waals surface area contributed by atoms with E-state index in [0.29, 0.717) is 11.6 Å². The number of hydrogen-bond acceptors (Lipinski definition) is 2. The average molecular weight is 276 g/mol. The van der Waals surface area contributed by atoms with E-state index < -0.39 is 11.7 Å². The summed E-state index contributed by atoms with van der Waals surface area (Å²) in [5.41, 5.74) is -0.339. The van der Waals surface area contributed by atoms with Crippen LogP contribution in [0.3, 0.4) is 0 Å². The van der Waals surface area contributed by atoms with Crippen LogP contribution in [0.25, 0.3) is 5.69 Å². The fourth-order valence-electron chi connectivity index (χ4n) is 1.56. The van der Waals surface area contributed by atoms with E-state index in [0.717, 1.165) is 12.1 Å². The van der Waals surface area contributed by atoms with E-state index in [1.807, 2.05) is 0 Å². The molecule has 3 nitrogen and oxygen atoms in total. The molecule has 0 spiro atoms. The first-order chi connectivity index (χ1) is 8.43. The largest absolute Gasteiger partial charge is 0.416 e. The predicted molar refractivity (Wildman–Crippen MR) is 63.1 cm³/mol. The van der Waals surface area contributed by atoms with Crippen LogP contribution in [0.1, 0.15) is 5.56 Å². The van der Waals surface area contributed by atoms with Crippen LogP contribution in [0.15, 0.2) is 30.6 Å². The molecule has 1 aromatic heterocycles. The minimum absolute atomic E-state index is 0.0133. The van der Waals surface area contributed by atoms with Crippen molar-refractivity contribution in [1.29, 1.82) is 0 Å². The standard InChI is InChI=1S/C11H9ClF3N3/c1-16-10-17-4-5-18(10)9-3-2-7(6-8(9)12)11(13,14)15/h2-6H,1H3,(H,16,17). The summed E-state index contributed by atoms with van der Waals surface area (Å²) in [6.07, 6.45) is -1.26. The molecule has 2 aromatic rings. The molecule has 2 rings (SSSR count). The van der Waals surface area contributed by atoms with Crippen molar-refractivity contribution in [2.75, 3.05) is 12.4 Å². The number of rotatable bonds is 2. The number of alkyl halides is 3. The zero-order chi connectivity index (χ0) is 13.3. The molecule has 0 saturated heterocycles. The normalized spacial score (nSPS) is 11.6. The van der Waals surface area contributed by atoms with Gasteiger partial charge in [-0.1, -0.05) is 11.6 Å². The summed E-state index contributed by atoms with van der Waals surface area (Å²) in [6.45, 7) is 0. The Morgan fingerprint density at radius 3 is 2.61 bits per heavy atom. The summed E-state index contributed by atoms with van der Waals surface area (Å²) in [4.78, 5) is 3.99. The molecule has 0 radical (unpaired) electrons. The molecule has 0 bridgehead atoms. The van der Waals surface area contributed by atoms with Gasteiger partial charge in [0.25, 0.3) is 0 Å². The zero-order valence-electron chi connectivity index (χ0n) is 9.29. The van der Waals surface area contributed by atoms with E-state index in [-0.39, 0.29) is 5.02 Å². The Balaban J connectivity index is 2.48. The molecule has 1 aromatic carbocycles. The molecule has 0 amide bonds. The molecule has 0 aliphatic rings. The second-order valence-electron chi connectivity index (χ2n) is 3.53. The monoisotopic (exact) mass is 275 g/mol. The van der Waals surface area contributed by atoms with Crippen molar-refractivity contribution < 1.29 is 13.2 Å². The predicted octanol–water partition coefficient (Wildman–Crippen LogP) is 3.59. The Hall–Kier alpha value is -1.69. The number of nitrogens with zero attached hydrogens (tertiary/aromatic N) is 2. The average Bonchev–Trinajstić information content (AvgIpc) is 2.75. The van der Waals surface area contributed by atoms with Crippen LogP contribution < -0.4 is 5.32 Å². The molecule has 18 heavy (non-hydrogen) atoms. The van der Waals surface area contributed by atoms with Crippen molar-refractivity contribution in [2.45, 2.75) is 6.18 Å². The molecule has 7 heteroatoms. The van der Waals surface area contributed by atoms with Crippen LogP contribution in [-0.4, -0.2) is 16.6 Å². The highest BCUT2D eigenvalue weighted by Gasteiger charge is 2.31. The third-order valence-corrected chi connectivity index (χ3v) is 2.70. The van der Waals surface area contributed by atoms with Gasteiger partial charge in [-0.05, 0) is 18.2 Å². The van der Waals surface area contributed by atoms with Gasteiger partial charge >= 0.3 is 6.18 Å². The number of halogens is 4. The van der Waals surface area contributed by atoms with Crippen molar-refractivity contribution in [3.8, 4) is 5.69 Å². The first kappa shape index (κ1) is 12.8. The minimum atomic E-state index is -4.40. The van der Waals surface area contributed by atoms with Crippen LogP contribution in [0.2, 0.25) is 5.02 Å². The Bertz CT molecular complexity index is 563. The van der Waals surface area contributed by atoms with E-state index in [2.05, 4.69) is 10.3 Å². The zero-order valence-corrected chi connectivity index (χ0v) is 10.0. The van der Waals surface area contributed by atoms with Gasteiger partial charge in [-0.15, -0.1) is 0 Å². The van der Waals surface area contributed by atoms with Gasteiger partial charge < -0.3 is 5.32 Å². The van der Waals surface area contributed by atoms with E-state index in [1.54, 1.807) is 17.8 Å². The molecule has 1 N–H and O–H groups in total. The lowest BCUT2D eigenvalue weighted by Gasteiger charge is -2.12. The number of anilines is 1. The van der Waals surface area contributed by atoms with E-state index in [4.69, 9.17) is 11.6 Å². The van der Waals surface area contributed by atoms with Crippen LogP contribution in [0.5, 0.6) is 0 Å². The highest BCUT2D eigenvalue weighted by molar-refractivity contribution is 6.32. The van der Waals surface area contributed by atoms with Crippen molar-refractivity contribution in [3.63, 3.8) is 0 Å². The molecule has 0 saturated carbocycles. The topological polar surface area (TPSA) is 29.9 Å². The number of nitrogens with one attached hydrogen (secondary N) is 1. The van der Waals surface area contributed by atoms with Crippen molar-refractivity contribution in [1.82, 2.24) is 9.55 Å². The van der Waals surface area contributed by atoms with E-state index >= 15 is 0 Å². The SMILES string of the molecule is CNc1nccn1-c1ccc(C(F)(F)F)cc1Cl. The molecule has 0 atom stereocenters. The van der Waals surface area contributed by atoms with Gasteiger partial charge in [0.15, 0.2) is 0 Å². The number of aromatic nitrogens is 2. The van der Waals surface area contributed by atoms with Crippen LogP contribution in [-0.2, 0) is 6.18 Å². The fraction of sp³-hybridized carbons (Fsp3) is 0.182. The van der Waals surface area contributed by atoms with Crippen LogP contribution in [0, 0.1) is 0 Å². The van der Waals surface area contributed by atoms with Crippen molar-refractivity contribution in [3.05, 3.63) is 41.2 Å². The van der Waals surface area contributed by atoms with E-state index in [1.165, 1.54) is 12.3 Å². The summed E-state index contributed by atoms with van der Waals surface area (Å²) < 4.78 is 39.1. The van der Waals surface area contributed by atoms with Gasteiger partial charge in [0.2, 0.25) is 5.95 Å². The second kappa shape index (κ2) is 4.53. The van der Waals surface area contributed by atoms with Gasteiger partial charge in [-0.2, -0.15) is 13.2 Å². The number of benzene rings is 1. The minimum Gasteiger partial charge on any atom is -0.358 e. The smallest absolute Gasteiger partial charge is 0.358 e. The molecule has 1 heterocycles. The van der Waals surface area contributed by atoms with Gasteiger partial charge in [-0.25, -0.2) is 4.98 Å². The summed E-state index contributed by atoms with van der Waals surface area (Å²) >= 11 is 5.88. The third kappa shape index (κ3) is 2.28. The Labute approximate surface area is 106 Å². The van der Waals surface area contributed by atoms with Crippen LogP contribution in [0.4, 0.5) is 19.1 Å². The van der Waals surface area contributed by atoms with Gasteiger partial charge in [0.1, 0.15) is 0 Å². The summed E-state index contributed by atoms with van der Waals surface area (Å²) in [5.74, 6) is 0.497. The van der Waals surface area contributed by atoms with Gasteiger partial charge in [0, 0.05) is 19.4 Å². The first-order valence-electron chi connectivity index (χ1n) is 5.01. The second-order valence-corrected chi connectivity index (χ2v) is 3.94. The fourth-order valence-corrected chi connectivity index (χ4v) is 1.83. The molecule has 0 fully saturated rings. The quantitative estimate of drug-likeness (QED) is 0.908. The lowest BCUT2D eigenvalue weighted by atomic mass is 10.2. The summed E-state index contributed by atoms with van der Waals surface area (Å²) in [5, 5.41) is 2.83. The maximum absolute atomic E-state index is 12.5. The van der Waals surface area contributed by atoms with Gasteiger partial charge in [0.05, 0.1) is 16.3 Å². The molecule has 0 aliphatic heterocycles. The van der Waals surface area contributed by atoms with Crippen molar-refractivity contribution >= 4 is 17.5 Å². The molecular weight excluding hydrogens is 267 g/mol. The van der Waals surface area contributed by atoms with E-state index in [9.17, 15) is 13.2 Å². The van der Waals surface area contributed by atoms with Gasteiger partial charge in [-0.3, -0.25) is 4.57 Å². The molecule has 0 unspecified atom stereocenters. The Kier molecular flexibility index (Phi) is 3.21. The first-order valence-corrected chi connectivity index (χ1v) is 5.39. The molecular formula is C11H9ClF3N3. The number of hydrogen-bond donors (Lipinski definition) is 1. The number of imidazole rings is 1. The third-order valence-electron chi connectivity index (χ3n) is 2.40. The maximum atomic E-state index is 12.5. The Morgan fingerprint density at radius 2 is 2.06 bits per heavy atom. The summed E-state index contributed by atoms with van der Waals surface area (Å²) in [6, 6.07) is 3.20. The highest BCUT2D eigenvalue weighted by Crippen LogP contribution is 2.33. The molecule has 96 valence electrons. The highest BCUT2D eigenvalue weighted by atomic mass is 35.5. The van der Waals surface area contributed by atoms with Crippen molar-refractivity contribution in [2.24, 2.45) is 0 Å².